The van der Waals surface area contributed by atoms with Crippen LogP contribution < -0.4 is 15.0 Å². The Morgan fingerprint density at radius 3 is 2.57 bits per heavy atom. The molecule has 4 aromatic rings. The van der Waals surface area contributed by atoms with E-state index in [1.807, 2.05) is 49.4 Å². The zero-order valence-corrected chi connectivity index (χ0v) is 20.6. The van der Waals surface area contributed by atoms with Crippen LogP contribution in [0.4, 0.5) is 10.1 Å². The van der Waals surface area contributed by atoms with E-state index < -0.39 is 6.04 Å². The van der Waals surface area contributed by atoms with Crippen LogP contribution in [0.3, 0.4) is 0 Å². The monoisotopic (exact) mass is 498 g/mol. The summed E-state index contributed by atoms with van der Waals surface area (Å²) in [5.74, 6) is 0.309. The smallest absolute Gasteiger partial charge is 0.229 e. The van der Waals surface area contributed by atoms with Crippen molar-refractivity contribution in [3.63, 3.8) is 0 Å². The number of nitrogens with one attached hydrogen (secondary N) is 1. The lowest BCUT2D eigenvalue weighted by atomic mass is 9.98. The zero-order chi connectivity index (χ0) is 25.7. The molecule has 188 valence electrons. The summed E-state index contributed by atoms with van der Waals surface area (Å²) < 4.78 is 20.6. The number of carbonyl (C=O) groups excluding carboxylic acids is 2. The molecule has 37 heavy (non-hydrogen) atoms. The van der Waals surface area contributed by atoms with Gasteiger partial charge in [-0.05, 0) is 73.0 Å². The van der Waals surface area contributed by atoms with Crippen LogP contribution in [0.5, 0.6) is 5.75 Å². The van der Waals surface area contributed by atoms with Crippen molar-refractivity contribution in [3.8, 4) is 11.4 Å². The number of halogens is 1. The Kier molecular flexibility index (Phi) is 5.47. The molecule has 3 aromatic carbocycles. The summed E-state index contributed by atoms with van der Waals surface area (Å²) in [6, 6.07) is 18.7. The number of rotatable bonds is 6. The van der Waals surface area contributed by atoms with E-state index in [1.165, 1.54) is 12.1 Å². The highest BCUT2D eigenvalue weighted by atomic mass is 19.1. The van der Waals surface area contributed by atoms with Gasteiger partial charge in [-0.1, -0.05) is 19.1 Å². The number of hydrogen-bond acceptors (Lipinski definition) is 4. The molecule has 1 saturated heterocycles. The van der Waals surface area contributed by atoms with E-state index in [1.54, 1.807) is 35.0 Å². The van der Waals surface area contributed by atoms with Crippen LogP contribution in [0, 0.1) is 11.2 Å². The van der Waals surface area contributed by atoms with Crippen LogP contribution in [0.25, 0.3) is 16.6 Å². The second-order valence-corrected chi connectivity index (χ2v) is 10.1. The fourth-order valence-corrected chi connectivity index (χ4v) is 5.09. The van der Waals surface area contributed by atoms with Gasteiger partial charge in [-0.25, -0.2) is 9.07 Å². The van der Waals surface area contributed by atoms with Crippen LogP contribution in [-0.2, 0) is 9.59 Å². The van der Waals surface area contributed by atoms with Gasteiger partial charge in [0.05, 0.1) is 36.6 Å². The molecule has 0 radical (unpaired) electrons. The average Bonchev–Trinajstić information content (AvgIpc) is 3.39. The maximum Gasteiger partial charge on any atom is 0.229 e. The summed E-state index contributed by atoms with van der Waals surface area (Å²) in [4.78, 5) is 28.2. The van der Waals surface area contributed by atoms with Gasteiger partial charge in [0.2, 0.25) is 11.8 Å². The minimum atomic E-state index is -0.390. The molecule has 1 N–H and O–H groups in total. The largest absolute Gasteiger partial charge is 0.497 e. The first-order valence-corrected chi connectivity index (χ1v) is 12.4. The van der Waals surface area contributed by atoms with E-state index in [0.29, 0.717) is 5.75 Å². The third-order valence-corrected chi connectivity index (χ3v) is 7.52. The lowest BCUT2D eigenvalue weighted by molar-refractivity contribution is -0.126. The minimum Gasteiger partial charge on any atom is -0.497 e. The van der Waals surface area contributed by atoms with Crippen molar-refractivity contribution in [3.05, 3.63) is 84.3 Å². The lowest BCUT2D eigenvalue weighted by Gasteiger charge is -2.30. The van der Waals surface area contributed by atoms with Crippen LogP contribution in [0.15, 0.2) is 72.9 Å². The van der Waals surface area contributed by atoms with Crippen molar-refractivity contribution in [1.82, 2.24) is 15.1 Å². The molecule has 0 spiro atoms. The zero-order valence-electron chi connectivity index (χ0n) is 20.6. The van der Waals surface area contributed by atoms with Gasteiger partial charge in [-0.3, -0.25) is 9.59 Å². The first-order valence-electron chi connectivity index (χ1n) is 12.4. The van der Waals surface area contributed by atoms with Gasteiger partial charge in [-0.15, -0.1) is 0 Å². The van der Waals surface area contributed by atoms with Crippen molar-refractivity contribution in [2.45, 2.75) is 38.3 Å². The van der Waals surface area contributed by atoms with E-state index in [0.717, 1.165) is 40.7 Å². The Morgan fingerprint density at radius 1 is 1.08 bits per heavy atom. The number of amides is 2. The Balaban J connectivity index is 1.39. The Morgan fingerprint density at radius 2 is 1.84 bits per heavy atom. The summed E-state index contributed by atoms with van der Waals surface area (Å²) in [5, 5.41) is 8.51. The Hall–Kier alpha value is -4.20. The number of hydrogen-bond donors (Lipinski definition) is 1. The first kappa shape index (κ1) is 23.2. The number of carbonyl (C=O) groups is 2. The summed E-state index contributed by atoms with van der Waals surface area (Å²) in [6.07, 6.45) is 3.66. The van der Waals surface area contributed by atoms with Gasteiger partial charge in [0.25, 0.3) is 0 Å². The molecule has 7 nitrogen and oxygen atoms in total. The SMILES string of the molecule is COc1cccc([C@@H]2[C@@H](NC(=O)C3(C)CC3)CC(=O)N2c2ccc3c(cnn3-c3ccc(F)cc3)c2)c1. The van der Waals surface area contributed by atoms with E-state index in [-0.39, 0.29) is 35.5 Å². The molecule has 2 atom stereocenters. The standard InChI is InChI=1S/C29H27FN4O3/c1-29(12-13-29)28(36)32-24-16-26(35)33(27(24)18-4-3-5-23(15-18)37-2)22-10-11-25-19(14-22)17-31-34(25)21-8-6-20(30)7-9-21/h3-11,14-15,17,24,27H,12-13,16H2,1-2H3,(H,32,36)/t24-,27+/m0/s1. The second-order valence-electron chi connectivity index (χ2n) is 10.1. The van der Waals surface area contributed by atoms with Gasteiger partial charge in [0.15, 0.2) is 0 Å². The molecule has 0 bridgehead atoms. The van der Waals surface area contributed by atoms with Crippen molar-refractivity contribution >= 4 is 28.4 Å². The molecule has 1 aliphatic carbocycles. The fourth-order valence-electron chi connectivity index (χ4n) is 5.09. The molecule has 2 heterocycles. The highest BCUT2D eigenvalue weighted by Crippen LogP contribution is 2.46. The Labute approximate surface area is 213 Å². The third-order valence-electron chi connectivity index (χ3n) is 7.52. The normalized spacial score (nSPS) is 20.3. The molecule has 1 aliphatic heterocycles. The number of ether oxygens (including phenoxy) is 1. The van der Waals surface area contributed by atoms with Crippen molar-refractivity contribution in [1.29, 1.82) is 0 Å². The molecular weight excluding hydrogens is 471 g/mol. The van der Waals surface area contributed by atoms with E-state index in [2.05, 4.69) is 10.4 Å². The topological polar surface area (TPSA) is 76.5 Å². The predicted molar refractivity (Wildman–Crippen MR) is 138 cm³/mol. The highest BCUT2D eigenvalue weighted by molar-refractivity contribution is 6.00. The van der Waals surface area contributed by atoms with Crippen LogP contribution >= 0.6 is 0 Å². The molecule has 0 unspecified atom stereocenters. The van der Waals surface area contributed by atoms with Gasteiger partial charge < -0.3 is 15.0 Å². The molecule has 6 rings (SSSR count). The van der Waals surface area contributed by atoms with Gasteiger partial charge in [0.1, 0.15) is 11.6 Å². The molecular formula is C29H27FN4O3. The van der Waals surface area contributed by atoms with Crippen molar-refractivity contribution in [2.24, 2.45) is 5.41 Å². The van der Waals surface area contributed by atoms with E-state index >= 15 is 0 Å². The Bertz CT molecular complexity index is 1510. The fraction of sp³-hybridized carbons (Fsp3) is 0.276. The molecule has 1 saturated carbocycles. The summed E-state index contributed by atoms with van der Waals surface area (Å²) in [7, 11) is 1.61. The molecule has 2 aliphatic rings. The van der Waals surface area contributed by atoms with Crippen LogP contribution in [0.1, 0.15) is 37.8 Å². The lowest BCUT2D eigenvalue weighted by Crippen LogP contribution is -2.42. The van der Waals surface area contributed by atoms with Crippen molar-refractivity contribution < 1.29 is 18.7 Å². The first-order chi connectivity index (χ1) is 17.9. The molecule has 1 aromatic heterocycles. The summed E-state index contributed by atoms with van der Waals surface area (Å²) in [6.45, 7) is 1.96. The average molecular weight is 499 g/mol. The maximum atomic E-state index is 13.5. The minimum absolute atomic E-state index is 0.00364. The second kappa shape index (κ2) is 8.73. The summed E-state index contributed by atoms with van der Waals surface area (Å²) in [5.41, 5.74) is 2.85. The number of benzene rings is 3. The number of methoxy groups -OCH3 is 1. The van der Waals surface area contributed by atoms with Gasteiger partial charge in [0, 0.05) is 22.9 Å². The molecule has 8 heteroatoms. The number of aromatic nitrogens is 2. The quantitative estimate of drug-likeness (QED) is 0.409. The van der Waals surface area contributed by atoms with Crippen molar-refractivity contribution in [2.75, 3.05) is 12.0 Å². The van der Waals surface area contributed by atoms with Crippen LogP contribution in [0.2, 0.25) is 0 Å². The van der Waals surface area contributed by atoms with E-state index in [4.69, 9.17) is 4.74 Å². The maximum absolute atomic E-state index is 13.5. The van der Waals surface area contributed by atoms with Crippen LogP contribution in [-0.4, -0.2) is 34.7 Å². The highest BCUT2D eigenvalue weighted by Gasteiger charge is 2.49. The third kappa shape index (κ3) is 4.12. The van der Waals surface area contributed by atoms with Gasteiger partial charge in [-0.2, -0.15) is 5.10 Å². The predicted octanol–water partition coefficient (Wildman–Crippen LogP) is 4.94. The summed E-state index contributed by atoms with van der Waals surface area (Å²) >= 11 is 0. The van der Waals surface area contributed by atoms with E-state index in [9.17, 15) is 14.0 Å². The number of fused-ring (bicyclic) bond motifs is 1. The number of anilines is 1. The van der Waals surface area contributed by atoms with Gasteiger partial charge >= 0.3 is 0 Å². The number of nitrogens with zero attached hydrogens (tertiary/aromatic N) is 3. The molecule has 2 amide bonds. The molecule has 2 fully saturated rings.